The molecule has 0 amide bonds. The molecule has 2 aromatic carbocycles. The first kappa shape index (κ1) is 20.3. The molecule has 0 saturated carbocycles. The van der Waals surface area contributed by atoms with Crippen molar-refractivity contribution in [3.05, 3.63) is 71.9 Å². The van der Waals surface area contributed by atoms with E-state index in [0.717, 1.165) is 21.5 Å². The lowest BCUT2D eigenvalue weighted by Gasteiger charge is -2.24. The van der Waals surface area contributed by atoms with E-state index in [4.69, 9.17) is 4.74 Å². The van der Waals surface area contributed by atoms with Gasteiger partial charge in [0.1, 0.15) is 6.04 Å². The van der Waals surface area contributed by atoms with Crippen LogP contribution in [-0.4, -0.2) is 48.3 Å². The van der Waals surface area contributed by atoms with Crippen LogP contribution in [-0.2, 0) is 19.6 Å². The molecule has 0 aliphatic carbocycles. The molecular formula is C22H22N2O5S. The fourth-order valence-corrected chi connectivity index (χ4v) is 5.00. The number of nitrogens with zero attached hydrogens (tertiary/aromatic N) is 1. The van der Waals surface area contributed by atoms with E-state index in [9.17, 15) is 18.0 Å². The number of hydrogen-bond donors (Lipinski definition) is 1. The number of sulfonamides is 1. The Kier molecular flexibility index (Phi) is 5.44. The predicted molar refractivity (Wildman–Crippen MR) is 112 cm³/mol. The Bertz CT molecular complexity index is 1190. The number of aromatic amines is 1. The van der Waals surface area contributed by atoms with E-state index in [1.165, 1.54) is 0 Å². The molecule has 0 bridgehead atoms. The Hall–Kier alpha value is -2.97. The van der Waals surface area contributed by atoms with Gasteiger partial charge in [-0.1, -0.05) is 48.5 Å². The lowest BCUT2D eigenvalue weighted by Crippen LogP contribution is -2.41. The van der Waals surface area contributed by atoms with Gasteiger partial charge >= 0.3 is 5.97 Å². The van der Waals surface area contributed by atoms with Crippen molar-refractivity contribution < 1.29 is 22.7 Å². The Balaban J connectivity index is 1.67. The zero-order valence-electron chi connectivity index (χ0n) is 16.4. The van der Waals surface area contributed by atoms with Crippen molar-refractivity contribution in [2.75, 3.05) is 12.8 Å². The highest BCUT2D eigenvalue weighted by Crippen LogP contribution is 2.29. The number of ether oxygens (including phenoxy) is 1. The highest BCUT2D eigenvalue weighted by Gasteiger charge is 2.40. The quantitative estimate of drug-likeness (QED) is 0.483. The number of benzene rings is 2. The summed E-state index contributed by atoms with van der Waals surface area (Å²) in [5.41, 5.74) is 1.75. The van der Waals surface area contributed by atoms with Crippen LogP contribution in [0.2, 0.25) is 0 Å². The first-order valence-corrected chi connectivity index (χ1v) is 11.5. The third-order valence-electron chi connectivity index (χ3n) is 5.33. The standard InChI is InChI=1S/C22H22N2O5S/c1-30(27,28)24-13-7-12-19(24)22(26)29-21(15-8-3-2-4-9-15)20(25)17-14-23-18-11-6-5-10-16(17)18/h2-6,8-11,14,19,21,23H,7,12-13H2,1H3. The van der Waals surface area contributed by atoms with Crippen molar-refractivity contribution in [3.8, 4) is 0 Å². The fraction of sp³-hybridized carbons (Fsp3) is 0.273. The SMILES string of the molecule is CS(=O)(=O)N1CCCC1C(=O)OC(C(=O)c1c[nH]c2ccccc12)c1ccccc1. The van der Waals surface area contributed by atoms with Gasteiger partial charge in [-0.3, -0.25) is 9.59 Å². The van der Waals surface area contributed by atoms with E-state index >= 15 is 0 Å². The number of aromatic nitrogens is 1. The number of hydrogen-bond acceptors (Lipinski definition) is 5. The Morgan fingerprint density at radius 2 is 1.80 bits per heavy atom. The number of carbonyl (C=O) groups excluding carboxylic acids is 2. The number of carbonyl (C=O) groups is 2. The smallest absolute Gasteiger partial charge is 0.325 e. The number of nitrogens with one attached hydrogen (secondary N) is 1. The van der Waals surface area contributed by atoms with Crippen molar-refractivity contribution >= 4 is 32.7 Å². The molecule has 1 aromatic heterocycles. The first-order chi connectivity index (χ1) is 14.4. The molecule has 2 unspecified atom stereocenters. The van der Waals surface area contributed by atoms with Crippen LogP contribution in [0.1, 0.15) is 34.9 Å². The molecule has 30 heavy (non-hydrogen) atoms. The van der Waals surface area contributed by atoms with Gasteiger partial charge in [-0.25, -0.2) is 8.42 Å². The van der Waals surface area contributed by atoms with Crippen molar-refractivity contribution in [2.45, 2.75) is 25.0 Å². The molecule has 1 saturated heterocycles. The van der Waals surface area contributed by atoms with Crippen LogP contribution in [0.5, 0.6) is 0 Å². The first-order valence-electron chi connectivity index (χ1n) is 9.69. The third-order valence-corrected chi connectivity index (χ3v) is 6.62. The third kappa shape index (κ3) is 3.88. The number of Topliss-reactive ketones (excluding diaryl/α,β-unsaturated/α-hetero) is 1. The zero-order chi connectivity index (χ0) is 21.3. The van der Waals surface area contributed by atoms with Crippen LogP contribution in [0, 0.1) is 0 Å². The van der Waals surface area contributed by atoms with E-state index in [1.807, 2.05) is 24.3 Å². The number of para-hydroxylation sites is 1. The molecule has 1 N–H and O–H groups in total. The lowest BCUT2D eigenvalue weighted by atomic mass is 9.99. The molecule has 4 rings (SSSR count). The molecule has 8 heteroatoms. The van der Waals surface area contributed by atoms with E-state index in [-0.39, 0.29) is 12.3 Å². The number of H-pyrrole nitrogens is 1. The highest BCUT2D eigenvalue weighted by molar-refractivity contribution is 7.88. The minimum atomic E-state index is -3.55. The maximum Gasteiger partial charge on any atom is 0.325 e. The average molecular weight is 426 g/mol. The second-order valence-corrected chi connectivity index (χ2v) is 9.31. The van der Waals surface area contributed by atoms with Crippen LogP contribution in [0.25, 0.3) is 10.9 Å². The van der Waals surface area contributed by atoms with Gasteiger partial charge < -0.3 is 9.72 Å². The van der Waals surface area contributed by atoms with Crippen LogP contribution in [0.15, 0.2) is 60.8 Å². The van der Waals surface area contributed by atoms with Crippen molar-refractivity contribution in [1.82, 2.24) is 9.29 Å². The van der Waals surface area contributed by atoms with Gasteiger partial charge in [0, 0.05) is 34.8 Å². The summed E-state index contributed by atoms with van der Waals surface area (Å²) < 4.78 is 30.9. The topological polar surface area (TPSA) is 96.5 Å². The molecule has 3 aromatic rings. The normalized spacial score (nSPS) is 18.4. The highest BCUT2D eigenvalue weighted by atomic mass is 32.2. The molecule has 0 spiro atoms. The molecular weight excluding hydrogens is 404 g/mol. The van der Waals surface area contributed by atoms with Gasteiger partial charge in [0.25, 0.3) is 0 Å². The summed E-state index contributed by atoms with van der Waals surface area (Å²) in [5.74, 6) is -1.07. The molecule has 156 valence electrons. The largest absolute Gasteiger partial charge is 0.448 e. The molecule has 1 aliphatic heterocycles. The van der Waals surface area contributed by atoms with E-state index in [1.54, 1.807) is 36.5 Å². The van der Waals surface area contributed by atoms with Gasteiger partial charge in [0.2, 0.25) is 15.8 Å². The summed E-state index contributed by atoms with van der Waals surface area (Å²) in [6.07, 6.45) is 2.45. The minimum absolute atomic E-state index is 0.269. The molecule has 1 fully saturated rings. The van der Waals surface area contributed by atoms with Crippen LogP contribution in [0.4, 0.5) is 0 Å². The van der Waals surface area contributed by atoms with Gasteiger partial charge in [-0.2, -0.15) is 4.31 Å². The van der Waals surface area contributed by atoms with Crippen LogP contribution in [0.3, 0.4) is 0 Å². The van der Waals surface area contributed by atoms with Gasteiger partial charge in [-0.15, -0.1) is 0 Å². The van der Waals surface area contributed by atoms with E-state index in [0.29, 0.717) is 24.0 Å². The Labute approximate surface area is 174 Å². The van der Waals surface area contributed by atoms with Crippen LogP contribution < -0.4 is 0 Å². The number of fused-ring (bicyclic) bond motifs is 1. The zero-order valence-corrected chi connectivity index (χ0v) is 17.3. The molecule has 1 aliphatic rings. The molecule has 2 atom stereocenters. The Morgan fingerprint density at radius 1 is 1.10 bits per heavy atom. The predicted octanol–water partition coefficient (Wildman–Crippen LogP) is 3.06. The summed E-state index contributed by atoms with van der Waals surface area (Å²) in [7, 11) is -3.55. The summed E-state index contributed by atoms with van der Waals surface area (Å²) in [6, 6.07) is 15.2. The van der Waals surface area contributed by atoms with Crippen LogP contribution >= 0.6 is 0 Å². The van der Waals surface area contributed by atoms with Crippen molar-refractivity contribution in [3.63, 3.8) is 0 Å². The summed E-state index contributed by atoms with van der Waals surface area (Å²) in [4.78, 5) is 29.4. The lowest BCUT2D eigenvalue weighted by molar-refractivity contribution is -0.151. The Morgan fingerprint density at radius 3 is 2.53 bits per heavy atom. The average Bonchev–Trinajstić information content (AvgIpc) is 3.39. The number of esters is 1. The summed E-state index contributed by atoms with van der Waals surface area (Å²) in [6.45, 7) is 0.269. The fourth-order valence-electron chi connectivity index (χ4n) is 3.88. The molecule has 2 heterocycles. The monoisotopic (exact) mass is 426 g/mol. The maximum atomic E-state index is 13.4. The van der Waals surface area contributed by atoms with Gasteiger partial charge in [0.05, 0.1) is 6.26 Å². The number of rotatable bonds is 6. The van der Waals surface area contributed by atoms with Crippen molar-refractivity contribution in [2.24, 2.45) is 0 Å². The van der Waals surface area contributed by atoms with E-state index in [2.05, 4.69) is 4.98 Å². The second kappa shape index (κ2) is 8.04. The van der Waals surface area contributed by atoms with Gasteiger partial charge in [0.15, 0.2) is 6.10 Å². The number of ketones is 1. The minimum Gasteiger partial charge on any atom is -0.448 e. The molecule has 7 nitrogen and oxygen atoms in total. The van der Waals surface area contributed by atoms with Gasteiger partial charge in [-0.05, 0) is 18.9 Å². The summed E-state index contributed by atoms with van der Waals surface area (Å²) in [5, 5.41) is 0.734. The maximum absolute atomic E-state index is 13.4. The second-order valence-electron chi connectivity index (χ2n) is 7.37. The summed E-state index contributed by atoms with van der Waals surface area (Å²) >= 11 is 0. The molecule has 0 radical (unpaired) electrons. The van der Waals surface area contributed by atoms with Crippen molar-refractivity contribution in [1.29, 1.82) is 0 Å². The van der Waals surface area contributed by atoms with E-state index < -0.39 is 28.1 Å².